The van der Waals surface area contributed by atoms with Gasteiger partial charge in [-0.25, -0.2) is 0 Å². The topological polar surface area (TPSA) is 77.2 Å². The lowest BCUT2D eigenvalue weighted by Crippen LogP contribution is -2.30. The molecule has 0 aliphatic rings. The van der Waals surface area contributed by atoms with Gasteiger partial charge in [-0.15, -0.1) is 10.2 Å². The van der Waals surface area contributed by atoms with Crippen LogP contribution in [-0.4, -0.2) is 22.2 Å². The fourth-order valence-electron chi connectivity index (χ4n) is 2.99. The summed E-state index contributed by atoms with van der Waals surface area (Å²) in [5.74, 6) is 1.000. The smallest absolute Gasteiger partial charge is 0.265 e. The second kappa shape index (κ2) is 8.61. The molecule has 1 N–H and O–H groups in total. The van der Waals surface area contributed by atoms with Crippen molar-refractivity contribution in [3.63, 3.8) is 0 Å². The van der Waals surface area contributed by atoms with Crippen LogP contribution in [0.25, 0.3) is 22.9 Å². The number of carbonyl (C=O) groups excluding carboxylic acids is 1. The predicted octanol–water partition coefficient (Wildman–Crippen LogP) is 5.12. The van der Waals surface area contributed by atoms with Crippen LogP contribution in [0, 0.1) is 6.92 Å². The maximum atomic E-state index is 12.6. The monoisotopic (exact) mass is 399 g/mol. The summed E-state index contributed by atoms with van der Waals surface area (Å²) in [5.41, 5.74) is 3.26. The number of nitrogens with zero attached hydrogens (tertiary/aromatic N) is 2. The van der Waals surface area contributed by atoms with Crippen LogP contribution in [0.2, 0.25) is 0 Å². The molecular formula is C24H21N3O3. The number of ether oxygens (including phenoxy) is 1. The molecule has 150 valence electrons. The van der Waals surface area contributed by atoms with Gasteiger partial charge < -0.3 is 14.5 Å². The third-order valence-corrected chi connectivity index (χ3v) is 4.52. The second-order valence-corrected chi connectivity index (χ2v) is 6.89. The number of anilines is 1. The highest BCUT2D eigenvalue weighted by atomic mass is 16.5. The molecule has 6 heteroatoms. The highest BCUT2D eigenvalue weighted by Crippen LogP contribution is 2.31. The molecule has 4 aromatic rings. The number of para-hydroxylation sites is 1. The molecule has 1 aromatic heterocycles. The summed E-state index contributed by atoms with van der Waals surface area (Å²) in [6, 6.07) is 24.4. The van der Waals surface area contributed by atoms with Gasteiger partial charge in [0.2, 0.25) is 5.89 Å². The minimum Gasteiger partial charge on any atom is -0.480 e. The van der Waals surface area contributed by atoms with Crippen LogP contribution < -0.4 is 10.1 Å². The lowest BCUT2D eigenvalue weighted by molar-refractivity contribution is -0.122. The molecule has 0 saturated heterocycles. The first-order chi connectivity index (χ1) is 14.6. The molecule has 1 atom stereocenters. The first-order valence-corrected chi connectivity index (χ1v) is 9.62. The summed E-state index contributed by atoms with van der Waals surface area (Å²) in [7, 11) is 0. The van der Waals surface area contributed by atoms with Crippen LogP contribution in [0.1, 0.15) is 12.5 Å². The van der Waals surface area contributed by atoms with Crippen molar-refractivity contribution >= 4 is 11.6 Å². The number of benzene rings is 3. The van der Waals surface area contributed by atoms with Gasteiger partial charge in [0.15, 0.2) is 6.10 Å². The average Bonchev–Trinajstić information content (AvgIpc) is 3.25. The second-order valence-electron chi connectivity index (χ2n) is 6.89. The van der Waals surface area contributed by atoms with E-state index in [0.717, 1.165) is 16.8 Å². The summed E-state index contributed by atoms with van der Waals surface area (Å²) in [5, 5.41) is 11.2. The van der Waals surface area contributed by atoms with Crippen molar-refractivity contribution in [3.05, 3.63) is 84.4 Å². The molecular weight excluding hydrogens is 378 g/mol. The standard InChI is InChI=1S/C24H21N3O3/c1-16-9-8-12-19(15-16)25-22(28)17(2)29-21-14-7-6-13-20(21)24-27-26-23(30-24)18-10-4-3-5-11-18/h3-15,17H,1-2H3,(H,25,28)/t17-/m0/s1. The molecule has 0 saturated carbocycles. The number of carbonyl (C=O) groups is 1. The van der Waals surface area contributed by atoms with Crippen LogP contribution in [-0.2, 0) is 4.79 Å². The highest BCUT2D eigenvalue weighted by molar-refractivity contribution is 5.94. The molecule has 0 bridgehead atoms. The number of hydrogen-bond donors (Lipinski definition) is 1. The Balaban J connectivity index is 1.52. The first-order valence-electron chi connectivity index (χ1n) is 9.62. The van der Waals surface area contributed by atoms with Crippen molar-refractivity contribution in [2.24, 2.45) is 0 Å². The molecule has 1 amide bonds. The molecule has 30 heavy (non-hydrogen) atoms. The van der Waals surface area contributed by atoms with Crippen LogP contribution in [0.3, 0.4) is 0 Å². The number of amides is 1. The Bertz CT molecular complexity index is 1160. The Kier molecular flexibility index (Phi) is 5.57. The highest BCUT2D eigenvalue weighted by Gasteiger charge is 2.19. The minimum atomic E-state index is -0.719. The summed E-state index contributed by atoms with van der Waals surface area (Å²) in [4.78, 5) is 12.6. The van der Waals surface area contributed by atoms with E-state index < -0.39 is 6.10 Å². The Morgan fingerprint density at radius 3 is 2.47 bits per heavy atom. The van der Waals surface area contributed by atoms with E-state index in [2.05, 4.69) is 15.5 Å². The van der Waals surface area contributed by atoms with Crippen molar-refractivity contribution in [2.45, 2.75) is 20.0 Å². The van der Waals surface area contributed by atoms with E-state index >= 15 is 0 Å². The quantitative estimate of drug-likeness (QED) is 0.487. The Morgan fingerprint density at radius 1 is 0.933 bits per heavy atom. The number of hydrogen-bond acceptors (Lipinski definition) is 5. The van der Waals surface area contributed by atoms with Gasteiger partial charge in [-0.05, 0) is 55.8 Å². The maximum Gasteiger partial charge on any atom is 0.265 e. The maximum absolute atomic E-state index is 12.6. The van der Waals surface area contributed by atoms with Gasteiger partial charge in [-0.3, -0.25) is 4.79 Å². The molecule has 1 heterocycles. The van der Waals surface area contributed by atoms with Crippen LogP contribution in [0.4, 0.5) is 5.69 Å². The lowest BCUT2D eigenvalue weighted by Gasteiger charge is -2.16. The number of rotatable bonds is 6. The molecule has 3 aromatic carbocycles. The van der Waals surface area contributed by atoms with E-state index in [4.69, 9.17) is 9.15 Å². The Labute approximate surface area is 174 Å². The number of aromatic nitrogens is 2. The van der Waals surface area contributed by atoms with Gasteiger partial charge in [0.25, 0.3) is 11.8 Å². The SMILES string of the molecule is Cc1cccc(NC(=O)[C@H](C)Oc2ccccc2-c2nnc(-c3ccccc3)o2)c1. The third kappa shape index (κ3) is 4.38. The van der Waals surface area contributed by atoms with Crippen molar-refractivity contribution in [1.29, 1.82) is 0 Å². The van der Waals surface area contributed by atoms with Crippen molar-refractivity contribution in [3.8, 4) is 28.7 Å². The molecule has 0 aliphatic carbocycles. The molecule has 0 radical (unpaired) electrons. The summed E-state index contributed by atoms with van der Waals surface area (Å²) in [6.07, 6.45) is -0.719. The van der Waals surface area contributed by atoms with Gasteiger partial charge in [-0.2, -0.15) is 0 Å². The normalized spacial score (nSPS) is 11.7. The zero-order valence-electron chi connectivity index (χ0n) is 16.7. The van der Waals surface area contributed by atoms with Crippen molar-refractivity contribution in [1.82, 2.24) is 10.2 Å². The summed E-state index contributed by atoms with van der Waals surface area (Å²) >= 11 is 0. The fourth-order valence-corrected chi connectivity index (χ4v) is 2.99. The van der Waals surface area contributed by atoms with Gasteiger partial charge >= 0.3 is 0 Å². The van der Waals surface area contributed by atoms with Gasteiger partial charge in [-0.1, -0.05) is 42.5 Å². The zero-order valence-corrected chi connectivity index (χ0v) is 16.7. The van der Waals surface area contributed by atoms with E-state index in [1.807, 2.05) is 79.7 Å². The Hall–Kier alpha value is -3.93. The van der Waals surface area contributed by atoms with Crippen LogP contribution >= 0.6 is 0 Å². The van der Waals surface area contributed by atoms with Crippen molar-refractivity contribution in [2.75, 3.05) is 5.32 Å². The minimum absolute atomic E-state index is 0.245. The van der Waals surface area contributed by atoms with E-state index in [1.54, 1.807) is 13.0 Å². The molecule has 0 aliphatic heterocycles. The van der Waals surface area contributed by atoms with E-state index in [1.165, 1.54) is 0 Å². The van der Waals surface area contributed by atoms with Gasteiger partial charge in [0, 0.05) is 11.3 Å². The van der Waals surface area contributed by atoms with Crippen LogP contribution in [0.5, 0.6) is 5.75 Å². The van der Waals surface area contributed by atoms with E-state index in [0.29, 0.717) is 23.1 Å². The van der Waals surface area contributed by atoms with Crippen molar-refractivity contribution < 1.29 is 13.9 Å². The predicted molar refractivity (Wildman–Crippen MR) is 115 cm³/mol. The largest absolute Gasteiger partial charge is 0.480 e. The van der Waals surface area contributed by atoms with Crippen LogP contribution in [0.15, 0.2) is 83.3 Å². The van der Waals surface area contributed by atoms with E-state index in [-0.39, 0.29) is 5.91 Å². The Morgan fingerprint density at radius 2 is 1.67 bits per heavy atom. The molecule has 0 fully saturated rings. The summed E-state index contributed by atoms with van der Waals surface area (Å²) in [6.45, 7) is 3.67. The molecule has 6 nitrogen and oxygen atoms in total. The third-order valence-electron chi connectivity index (χ3n) is 4.52. The molecule has 0 unspecified atom stereocenters. The fraction of sp³-hybridized carbons (Fsp3) is 0.125. The van der Waals surface area contributed by atoms with E-state index in [9.17, 15) is 4.79 Å². The first kappa shape index (κ1) is 19.4. The summed E-state index contributed by atoms with van der Waals surface area (Å²) < 4.78 is 11.8. The van der Waals surface area contributed by atoms with Gasteiger partial charge in [0.1, 0.15) is 5.75 Å². The average molecular weight is 399 g/mol. The number of nitrogens with one attached hydrogen (secondary N) is 1. The molecule has 0 spiro atoms. The number of aryl methyl sites for hydroxylation is 1. The zero-order chi connectivity index (χ0) is 20.9. The van der Waals surface area contributed by atoms with Gasteiger partial charge in [0.05, 0.1) is 5.56 Å². The molecule has 4 rings (SSSR count). The lowest BCUT2D eigenvalue weighted by atomic mass is 10.2.